The Morgan fingerprint density at radius 2 is 1.62 bits per heavy atom. The number of ether oxygens (including phenoxy) is 1. The van der Waals surface area contributed by atoms with Crippen LogP contribution < -0.4 is 4.74 Å². The molecule has 134 valence electrons. The summed E-state index contributed by atoms with van der Waals surface area (Å²) >= 11 is 0. The van der Waals surface area contributed by atoms with Gasteiger partial charge in [-0.2, -0.15) is 0 Å². The molecule has 26 heavy (non-hydrogen) atoms. The molecule has 0 radical (unpaired) electrons. The van der Waals surface area contributed by atoms with Crippen molar-refractivity contribution in [2.75, 3.05) is 0 Å². The van der Waals surface area contributed by atoms with Gasteiger partial charge in [0.2, 0.25) is 0 Å². The standard InChI is InChI=1S/C18H13F4N3O/c1-3-15(26-16-7-5-11(20)9-14(16)22)18-24-23-17(25(18)2)12-6-4-10(19)8-13(12)21/h3-9H,1-2H3/b15-3-. The predicted octanol–water partition coefficient (Wildman–Crippen LogP) is 4.48. The Labute approximate surface area is 146 Å². The predicted molar refractivity (Wildman–Crippen MR) is 87.0 cm³/mol. The number of halogens is 4. The number of allylic oxidation sites excluding steroid dienone is 1. The molecule has 3 aromatic rings. The first-order chi connectivity index (χ1) is 12.4. The van der Waals surface area contributed by atoms with E-state index in [0.717, 1.165) is 24.3 Å². The molecule has 0 fully saturated rings. The summed E-state index contributed by atoms with van der Waals surface area (Å²) in [6, 6.07) is 5.98. The van der Waals surface area contributed by atoms with Crippen LogP contribution in [-0.4, -0.2) is 14.8 Å². The van der Waals surface area contributed by atoms with Crippen LogP contribution in [0, 0.1) is 23.3 Å². The number of rotatable bonds is 4. The summed E-state index contributed by atoms with van der Waals surface area (Å²) in [6.45, 7) is 1.63. The van der Waals surface area contributed by atoms with E-state index in [9.17, 15) is 17.6 Å². The van der Waals surface area contributed by atoms with Gasteiger partial charge in [-0.3, -0.25) is 0 Å². The highest BCUT2D eigenvalue weighted by molar-refractivity contribution is 5.62. The Morgan fingerprint density at radius 3 is 2.23 bits per heavy atom. The van der Waals surface area contributed by atoms with Crippen molar-refractivity contribution in [2.24, 2.45) is 7.05 Å². The summed E-state index contributed by atoms with van der Waals surface area (Å²) < 4.78 is 60.8. The van der Waals surface area contributed by atoms with E-state index in [1.165, 1.54) is 16.7 Å². The number of benzene rings is 2. The second kappa shape index (κ2) is 6.99. The molecule has 3 rings (SSSR count). The van der Waals surface area contributed by atoms with E-state index >= 15 is 0 Å². The minimum absolute atomic E-state index is 0.0519. The average molecular weight is 363 g/mol. The summed E-state index contributed by atoms with van der Waals surface area (Å²) in [5.74, 6) is -2.84. The van der Waals surface area contributed by atoms with Gasteiger partial charge in [0.1, 0.15) is 17.5 Å². The third-order valence-electron chi connectivity index (χ3n) is 3.64. The van der Waals surface area contributed by atoms with Crippen LogP contribution in [0.5, 0.6) is 5.75 Å². The molecule has 1 heterocycles. The fourth-order valence-corrected chi connectivity index (χ4v) is 2.36. The first kappa shape index (κ1) is 17.7. The second-order valence-corrected chi connectivity index (χ2v) is 5.36. The van der Waals surface area contributed by atoms with E-state index in [0.29, 0.717) is 6.07 Å². The molecule has 8 heteroatoms. The summed E-state index contributed by atoms with van der Waals surface area (Å²) in [7, 11) is 1.56. The first-order valence-electron chi connectivity index (χ1n) is 7.55. The number of aromatic nitrogens is 3. The normalized spacial score (nSPS) is 11.7. The molecule has 4 nitrogen and oxygen atoms in total. The number of nitrogens with zero attached hydrogens (tertiary/aromatic N) is 3. The molecule has 0 aliphatic carbocycles. The summed E-state index contributed by atoms with van der Waals surface area (Å²) in [6.07, 6.45) is 1.51. The van der Waals surface area contributed by atoms with Gasteiger partial charge < -0.3 is 9.30 Å². The molecule has 2 aromatic carbocycles. The number of hydrogen-bond donors (Lipinski definition) is 0. The lowest BCUT2D eigenvalue weighted by molar-refractivity contribution is 0.454. The van der Waals surface area contributed by atoms with Gasteiger partial charge in [-0.05, 0) is 37.3 Å². The van der Waals surface area contributed by atoms with Crippen molar-refractivity contribution in [3.63, 3.8) is 0 Å². The summed E-state index contributed by atoms with van der Waals surface area (Å²) in [4.78, 5) is 0. The molecule has 0 saturated heterocycles. The Bertz CT molecular complexity index is 998. The third kappa shape index (κ3) is 3.30. The molecule has 0 aliphatic heterocycles. The van der Waals surface area contributed by atoms with Crippen LogP contribution in [0.3, 0.4) is 0 Å². The van der Waals surface area contributed by atoms with Gasteiger partial charge in [-0.25, -0.2) is 17.6 Å². The Hall–Kier alpha value is -3.16. The van der Waals surface area contributed by atoms with Crippen LogP contribution in [0.2, 0.25) is 0 Å². The van der Waals surface area contributed by atoms with Crippen LogP contribution in [-0.2, 0) is 7.05 Å². The third-order valence-corrected chi connectivity index (χ3v) is 3.64. The molecule has 0 amide bonds. The molecule has 0 atom stereocenters. The molecule has 0 saturated carbocycles. The Kier molecular flexibility index (Phi) is 4.75. The van der Waals surface area contributed by atoms with Gasteiger partial charge in [0.05, 0.1) is 5.56 Å². The van der Waals surface area contributed by atoms with Gasteiger partial charge in [0.25, 0.3) is 0 Å². The largest absolute Gasteiger partial charge is 0.451 e. The molecule has 0 N–H and O–H groups in total. The molecule has 0 aliphatic rings. The maximum Gasteiger partial charge on any atom is 0.199 e. The fourth-order valence-electron chi connectivity index (χ4n) is 2.36. The van der Waals surface area contributed by atoms with E-state index < -0.39 is 23.3 Å². The Balaban J connectivity index is 1.97. The highest BCUT2D eigenvalue weighted by Gasteiger charge is 2.19. The van der Waals surface area contributed by atoms with Crippen LogP contribution in [0.25, 0.3) is 17.1 Å². The minimum atomic E-state index is -0.878. The molecular formula is C18H13F4N3O. The first-order valence-corrected chi connectivity index (χ1v) is 7.55. The monoisotopic (exact) mass is 363 g/mol. The molecule has 0 bridgehead atoms. The average Bonchev–Trinajstić information content (AvgIpc) is 2.96. The molecule has 0 spiro atoms. The van der Waals surface area contributed by atoms with Gasteiger partial charge in [-0.15, -0.1) is 10.2 Å². The zero-order valence-electron chi connectivity index (χ0n) is 13.8. The van der Waals surface area contributed by atoms with Crippen molar-refractivity contribution in [3.8, 4) is 17.1 Å². The quantitative estimate of drug-likeness (QED) is 0.507. The van der Waals surface area contributed by atoms with Crippen molar-refractivity contribution in [1.29, 1.82) is 0 Å². The van der Waals surface area contributed by atoms with Crippen LogP contribution in [0.15, 0.2) is 42.5 Å². The van der Waals surface area contributed by atoms with Crippen LogP contribution in [0.4, 0.5) is 17.6 Å². The SMILES string of the molecule is C/C=C(\Oc1ccc(F)cc1F)c1nnc(-c2ccc(F)cc2F)n1C. The van der Waals surface area contributed by atoms with Gasteiger partial charge >= 0.3 is 0 Å². The van der Waals surface area contributed by atoms with Crippen molar-refractivity contribution in [3.05, 3.63) is 71.6 Å². The fraction of sp³-hybridized carbons (Fsp3) is 0.111. The smallest absolute Gasteiger partial charge is 0.199 e. The van der Waals surface area contributed by atoms with E-state index in [1.807, 2.05) is 0 Å². The maximum absolute atomic E-state index is 14.0. The lowest BCUT2D eigenvalue weighted by atomic mass is 10.2. The minimum Gasteiger partial charge on any atom is -0.451 e. The van der Waals surface area contributed by atoms with E-state index in [1.54, 1.807) is 14.0 Å². The summed E-state index contributed by atoms with van der Waals surface area (Å²) in [5, 5.41) is 7.83. The second-order valence-electron chi connectivity index (χ2n) is 5.36. The molecular weight excluding hydrogens is 350 g/mol. The maximum atomic E-state index is 14.0. The van der Waals surface area contributed by atoms with Gasteiger partial charge in [0.15, 0.2) is 29.0 Å². The van der Waals surface area contributed by atoms with Gasteiger partial charge in [0, 0.05) is 19.2 Å². The number of hydrogen-bond acceptors (Lipinski definition) is 3. The highest BCUT2D eigenvalue weighted by Crippen LogP contribution is 2.27. The molecule has 0 unspecified atom stereocenters. The van der Waals surface area contributed by atoms with E-state index in [4.69, 9.17) is 4.74 Å². The zero-order chi connectivity index (χ0) is 18.8. The van der Waals surface area contributed by atoms with Crippen LogP contribution >= 0.6 is 0 Å². The van der Waals surface area contributed by atoms with Crippen molar-refractivity contribution >= 4 is 5.76 Å². The molecule has 1 aromatic heterocycles. The van der Waals surface area contributed by atoms with E-state index in [-0.39, 0.29) is 28.7 Å². The van der Waals surface area contributed by atoms with Crippen LogP contribution in [0.1, 0.15) is 12.7 Å². The van der Waals surface area contributed by atoms with Crippen molar-refractivity contribution < 1.29 is 22.3 Å². The lowest BCUT2D eigenvalue weighted by Crippen LogP contribution is -2.05. The van der Waals surface area contributed by atoms with E-state index in [2.05, 4.69) is 10.2 Å². The Morgan fingerprint density at radius 1 is 0.962 bits per heavy atom. The summed E-state index contributed by atoms with van der Waals surface area (Å²) in [5.41, 5.74) is 0.0519. The van der Waals surface area contributed by atoms with Gasteiger partial charge in [-0.1, -0.05) is 0 Å². The topological polar surface area (TPSA) is 39.9 Å². The van der Waals surface area contributed by atoms with Crippen molar-refractivity contribution in [2.45, 2.75) is 6.92 Å². The zero-order valence-corrected chi connectivity index (χ0v) is 13.8. The highest BCUT2D eigenvalue weighted by atomic mass is 19.1. The van der Waals surface area contributed by atoms with Crippen molar-refractivity contribution in [1.82, 2.24) is 14.8 Å². The lowest BCUT2D eigenvalue weighted by Gasteiger charge is -2.11.